The first kappa shape index (κ1) is 18.7. The highest BCUT2D eigenvalue weighted by molar-refractivity contribution is 7.81. The topological polar surface area (TPSA) is 96.3 Å². The van der Waals surface area contributed by atoms with Gasteiger partial charge < -0.3 is 4.74 Å². The summed E-state index contributed by atoms with van der Waals surface area (Å²) in [7, 11) is 0. The number of hydrogen-bond acceptors (Lipinski definition) is 4. The molecule has 0 spiro atoms. The molecule has 0 saturated heterocycles. The molecule has 1 N–H and O–H groups in total. The van der Waals surface area contributed by atoms with Crippen LogP contribution in [-0.2, 0) is 15.4 Å². The van der Waals surface area contributed by atoms with E-state index in [9.17, 15) is 4.21 Å². The van der Waals surface area contributed by atoms with Crippen molar-refractivity contribution in [1.82, 2.24) is 0 Å². The summed E-state index contributed by atoms with van der Waals surface area (Å²) < 4.78 is 25.6. The van der Waals surface area contributed by atoms with E-state index in [1.165, 1.54) is 0 Å². The van der Waals surface area contributed by atoms with Gasteiger partial charge in [0.15, 0.2) is 0 Å². The van der Waals surface area contributed by atoms with Crippen molar-refractivity contribution in [1.29, 1.82) is 0 Å². The Morgan fingerprint density at radius 3 is 2.63 bits per heavy atom. The molecule has 0 heterocycles. The Labute approximate surface area is 159 Å². The first-order chi connectivity index (χ1) is 13.3. The molecule has 1 unspecified atom stereocenters. The maximum Gasteiger partial charge on any atom is 0.261 e. The number of nitrogens with zero attached hydrogens (tertiary/aromatic N) is 3. The van der Waals surface area contributed by atoms with Gasteiger partial charge >= 0.3 is 0 Å². The van der Waals surface area contributed by atoms with Gasteiger partial charge in [-0.3, -0.25) is 8.91 Å². The molecule has 0 bridgehead atoms. The van der Waals surface area contributed by atoms with E-state index < -0.39 is 11.3 Å². The van der Waals surface area contributed by atoms with Gasteiger partial charge in [-0.1, -0.05) is 41.5 Å². The fourth-order valence-electron chi connectivity index (χ4n) is 2.44. The molecule has 0 aliphatic carbocycles. The number of nitrogens with one attached hydrogen (secondary N) is 1. The van der Waals surface area contributed by atoms with Crippen LogP contribution < -0.4 is 9.46 Å². The van der Waals surface area contributed by atoms with Gasteiger partial charge in [-0.25, -0.2) is 4.21 Å². The molecular formula is C19H18N4O3S. The summed E-state index contributed by atoms with van der Waals surface area (Å²) >= 11 is -1.67. The van der Waals surface area contributed by atoms with Crippen molar-refractivity contribution >= 4 is 27.7 Å². The Bertz CT molecular complexity index is 967. The predicted octanol–water partition coefficient (Wildman–Crippen LogP) is 5.34. The average Bonchev–Trinajstić information content (AvgIpc) is 2.70. The summed E-state index contributed by atoms with van der Waals surface area (Å²) in [5.74, 6) is 1.46. The van der Waals surface area contributed by atoms with Gasteiger partial charge in [-0.2, -0.15) is 0 Å². The van der Waals surface area contributed by atoms with E-state index in [4.69, 9.17) is 14.5 Å². The molecule has 3 aromatic rings. The molecule has 138 valence electrons. The molecule has 7 nitrogen and oxygen atoms in total. The lowest BCUT2D eigenvalue weighted by Gasteiger charge is -2.10. The summed E-state index contributed by atoms with van der Waals surface area (Å²) in [6.07, 6.45) is 0.509. The molecule has 0 aromatic heterocycles. The Morgan fingerprint density at radius 1 is 1.04 bits per heavy atom. The predicted molar refractivity (Wildman–Crippen MR) is 107 cm³/mol. The molecule has 27 heavy (non-hydrogen) atoms. The minimum Gasteiger partial charge on any atom is -0.457 e. The summed E-state index contributed by atoms with van der Waals surface area (Å²) in [6, 6.07) is 21.1. The van der Waals surface area contributed by atoms with Crippen LogP contribution in [0.15, 0.2) is 71.8 Å². The van der Waals surface area contributed by atoms with Crippen molar-refractivity contribution in [3.8, 4) is 11.5 Å². The van der Waals surface area contributed by atoms with Gasteiger partial charge in [0.25, 0.3) is 11.3 Å². The summed E-state index contributed by atoms with van der Waals surface area (Å²) in [4.78, 5) is 2.64. The smallest absolute Gasteiger partial charge is 0.261 e. The summed E-state index contributed by atoms with van der Waals surface area (Å²) in [5.41, 5.74) is 8.82. The maximum atomic E-state index is 11.8. The van der Waals surface area contributed by atoms with Crippen LogP contribution in [0.5, 0.6) is 11.5 Å². The minimum absolute atomic E-state index is 0.237. The Hall–Kier alpha value is -3.06. The first-order valence-electron chi connectivity index (χ1n) is 8.34. The largest absolute Gasteiger partial charge is 0.457 e. The van der Waals surface area contributed by atoms with E-state index in [0.29, 0.717) is 24.4 Å². The van der Waals surface area contributed by atoms with E-state index >= 15 is 0 Å². The highest BCUT2D eigenvalue weighted by Crippen LogP contribution is 2.30. The molecular weight excluding hydrogens is 364 g/mol. The zero-order valence-electron chi connectivity index (χ0n) is 14.4. The van der Waals surface area contributed by atoms with Gasteiger partial charge in [0, 0.05) is 22.5 Å². The minimum atomic E-state index is -1.67. The van der Waals surface area contributed by atoms with Crippen LogP contribution in [0.2, 0.25) is 0 Å². The van der Waals surface area contributed by atoms with Crippen LogP contribution in [0, 0.1) is 0 Å². The van der Waals surface area contributed by atoms with Crippen LogP contribution in [-0.4, -0.2) is 17.4 Å². The lowest BCUT2D eigenvalue weighted by molar-refractivity contribution is 0.345. The molecule has 1 atom stereocenters. The summed E-state index contributed by atoms with van der Waals surface area (Å²) in [5, 5.41) is 5.53. The quantitative estimate of drug-likeness (QED) is 0.234. The van der Waals surface area contributed by atoms with E-state index in [2.05, 4.69) is 14.7 Å². The van der Waals surface area contributed by atoms with Gasteiger partial charge in [0.1, 0.15) is 11.5 Å². The maximum absolute atomic E-state index is 11.8. The molecule has 0 aliphatic rings. The molecule has 3 rings (SSSR count). The van der Waals surface area contributed by atoms with Gasteiger partial charge in [0.2, 0.25) is 0 Å². The number of hydrogen-bond donors (Lipinski definition) is 1. The fourth-order valence-corrected chi connectivity index (χ4v) is 3.10. The van der Waals surface area contributed by atoms with Crippen LogP contribution in [0.4, 0.5) is 5.69 Å². The van der Waals surface area contributed by atoms with Gasteiger partial charge in [-0.05, 0) is 47.7 Å². The second-order valence-electron chi connectivity index (χ2n) is 5.57. The van der Waals surface area contributed by atoms with Crippen molar-refractivity contribution in [2.24, 2.45) is 5.11 Å². The van der Waals surface area contributed by atoms with Crippen molar-refractivity contribution in [3.63, 3.8) is 0 Å². The van der Waals surface area contributed by atoms with Gasteiger partial charge in [-0.15, -0.1) is 0 Å². The van der Waals surface area contributed by atoms with Gasteiger partial charge in [0.05, 0.1) is 6.61 Å². The average molecular weight is 382 g/mol. The van der Waals surface area contributed by atoms with Crippen molar-refractivity contribution in [2.45, 2.75) is 6.42 Å². The lowest BCUT2D eigenvalue weighted by atomic mass is 10.1. The van der Waals surface area contributed by atoms with Crippen LogP contribution in [0.3, 0.4) is 0 Å². The van der Waals surface area contributed by atoms with Crippen molar-refractivity contribution in [2.75, 3.05) is 17.9 Å². The van der Waals surface area contributed by atoms with E-state index in [1.807, 2.05) is 42.5 Å². The monoisotopic (exact) mass is 382 g/mol. The third-order valence-electron chi connectivity index (χ3n) is 3.69. The number of rotatable bonds is 9. The molecule has 0 amide bonds. The highest BCUT2D eigenvalue weighted by Gasteiger charge is 2.05. The Kier molecular flexibility index (Phi) is 6.65. The van der Waals surface area contributed by atoms with Crippen LogP contribution in [0.1, 0.15) is 6.42 Å². The molecule has 0 saturated carbocycles. The number of anilines is 1. The Balaban J connectivity index is 1.57. The molecule has 8 heteroatoms. The molecule has 0 aliphatic heterocycles. The highest BCUT2D eigenvalue weighted by atomic mass is 32.2. The molecule has 3 aromatic carbocycles. The number of ether oxygens (including phenoxy) is 1. The zero-order valence-corrected chi connectivity index (χ0v) is 15.3. The second-order valence-corrected chi connectivity index (χ2v) is 6.48. The van der Waals surface area contributed by atoms with Crippen molar-refractivity contribution < 1.29 is 13.1 Å². The number of azide groups is 1. The Morgan fingerprint density at radius 2 is 1.81 bits per heavy atom. The normalized spacial score (nSPS) is 11.6. The van der Waals surface area contributed by atoms with E-state index in [0.717, 1.165) is 16.5 Å². The second kappa shape index (κ2) is 9.59. The summed E-state index contributed by atoms with van der Waals surface area (Å²) in [6.45, 7) is 0.550. The lowest BCUT2D eigenvalue weighted by Crippen LogP contribution is -2.09. The van der Waals surface area contributed by atoms with E-state index in [1.54, 1.807) is 24.3 Å². The molecule has 0 fully saturated rings. The first-order valence-corrected chi connectivity index (χ1v) is 9.42. The van der Waals surface area contributed by atoms with E-state index in [-0.39, 0.29) is 6.61 Å². The SMILES string of the molecule is [N-]=[N+]=NCCCOS(=O)Nc1ccc(Oc2cccc3ccccc23)cc1. The standard InChI is InChI=1S/C19H18N4O3S/c20-23-21-13-4-14-25-27(24)22-16-9-11-17(12-10-16)26-19-8-3-6-15-5-1-2-7-18(15)19/h1-3,5-12,22H,4,13-14H2. The fraction of sp³-hybridized carbons (Fsp3) is 0.158. The van der Waals surface area contributed by atoms with Crippen molar-refractivity contribution in [3.05, 3.63) is 77.2 Å². The van der Waals surface area contributed by atoms with Crippen LogP contribution in [0.25, 0.3) is 21.2 Å². The third-order valence-corrected chi connectivity index (χ3v) is 4.47. The third kappa shape index (κ3) is 5.46. The number of fused-ring (bicyclic) bond motifs is 1. The zero-order chi connectivity index (χ0) is 18.9. The number of benzene rings is 3. The van der Waals surface area contributed by atoms with Crippen LogP contribution >= 0.6 is 0 Å². The molecule has 0 radical (unpaired) electrons.